The van der Waals surface area contributed by atoms with Crippen molar-refractivity contribution in [1.82, 2.24) is 0 Å². The number of aliphatic hydroxyl groups is 1. The molecule has 6 atom stereocenters. The summed E-state index contributed by atoms with van der Waals surface area (Å²) in [5.74, 6) is 6.05. The minimum Gasteiger partial charge on any atom is -0.377 e. The van der Waals surface area contributed by atoms with Crippen molar-refractivity contribution >= 4 is 0 Å². The number of terminal acetylenes is 1. The molecule has 4 aliphatic carbocycles. The van der Waals surface area contributed by atoms with Crippen LogP contribution < -0.4 is 0 Å². The first kappa shape index (κ1) is 14.8. The third-order valence-corrected chi connectivity index (χ3v) is 8.10. The van der Waals surface area contributed by atoms with E-state index in [9.17, 15) is 5.11 Å². The normalized spacial score (nSPS) is 50.3. The lowest BCUT2D eigenvalue weighted by Gasteiger charge is -2.56. The van der Waals surface area contributed by atoms with Gasteiger partial charge in [-0.3, -0.25) is 0 Å². The van der Waals surface area contributed by atoms with E-state index < -0.39 is 5.60 Å². The fourth-order valence-corrected chi connectivity index (χ4v) is 7.08. The Hall–Kier alpha value is -0.740. The van der Waals surface area contributed by atoms with Crippen LogP contribution in [0.15, 0.2) is 11.6 Å². The average Bonchev–Trinajstić information content (AvgIpc) is 2.89. The molecule has 22 heavy (non-hydrogen) atoms. The van der Waals surface area contributed by atoms with E-state index in [0.29, 0.717) is 5.92 Å². The fraction of sp³-hybridized carbons (Fsp3) is 0.810. The molecule has 4 rings (SSSR count). The zero-order valence-corrected chi connectivity index (χ0v) is 14.0. The Morgan fingerprint density at radius 1 is 1.23 bits per heavy atom. The minimum atomic E-state index is -0.833. The van der Waals surface area contributed by atoms with Crippen LogP contribution in [0.2, 0.25) is 0 Å². The van der Waals surface area contributed by atoms with E-state index in [4.69, 9.17) is 6.42 Å². The van der Waals surface area contributed by atoms with Crippen LogP contribution in [-0.4, -0.2) is 10.7 Å². The van der Waals surface area contributed by atoms with E-state index in [1.165, 1.54) is 38.5 Å². The molecule has 2 unspecified atom stereocenters. The summed E-state index contributed by atoms with van der Waals surface area (Å²) in [5.41, 5.74) is 0.959. The summed E-state index contributed by atoms with van der Waals surface area (Å²) >= 11 is 0. The Kier molecular flexibility index (Phi) is 3.46. The van der Waals surface area contributed by atoms with Gasteiger partial charge in [0, 0.05) is 5.41 Å². The molecular weight excluding hydrogens is 268 g/mol. The highest BCUT2D eigenvalue weighted by molar-refractivity contribution is 5.26. The molecule has 0 aliphatic heterocycles. The Balaban J connectivity index is 1.68. The lowest BCUT2D eigenvalue weighted by Crippen LogP contribution is -2.53. The van der Waals surface area contributed by atoms with Gasteiger partial charge in [-0.2, -0.15) is 0 Å². The Bertz CT molecular complexity index is 527. The van der Waals surface area contributed by atoms with Gasteiger partial charge in [-0.1, -0.05) is 24.5 Å². The first-order chi connectivity index (χ1) is 10.6. The van der Waals surface area contributed by atoms with Crippen LogP contribution in [0.25, 0.3) is 0 Å². The molecule has 120 valence electrons. The highest BCUT2D eigenvalue weighted by Crippen LogP contribution is 2.66. The number of rotatable bonds is 1. The van der Waals surface area contributed by atoms with Crippen molar-refractivity contribution in [3.8, 4) is 12.3 Å². The molecule has 0 saturated heterocycles. The molecule has 0 spiro atoms. The van der Waals surface area contributed by atoms with Crippen molar-refractivity contribution in [1.29, 1.82) is 0 Å². The minimum absolute atomic E-state index is 0.0127. The van der Waals surface area contributed by atoms with Crippen molar-refractivity contribution in [2.24, 2.45) is 29.1 Å². The van der Waals surface area contributed by atoms with E-state index in [2.05, 4.69) is 18.9 Å². The molecule has 0 bridgehead atoms. The molecule has 0 heterocycles. The van der Waals surface area contributed by atoms with Crippen molar-refractivity contribution in [3.05, 3.63) is 11.6 Å². The third kappa shape index (κ3) is 1.77. The molecule has 0 amide bonds. The van der Waals surface area contributed by atoms with Crippen LogP contribution in [0.3, 0.4) is 0 Å². The smallest absolute Gasteiger partial charge is 0.131 e. The summed E-state index contributed by atoms with van der Waals surface area (Å²) in [6.45, 7) is 2.26. The average molecular weight is 298 g/mol. The SMILES string of the molecule is C#C[C@]1(O)CCC2[C@@H]3CCC4=CCCC[C@@H]4C3CC[C@@]21CC. The zero-order chi connectivity index (χ0) is 15.4. The van der Waals surface area contributed by atoms with Gasteiger partial charge in [-0.15, -0.1) is 6.42 Å². The maximum Gasteiger partial charge on any atom is 0.131 e. The van der Waals surface area contributed by atoms with Gasteiger partial charge in [-0.05, 0) is 87.9 Å². The monoisotopic (exact) mass is 298 g/mol. The molecular formula is C21H30O. The summed E-state index contributed by atoms with van der Waals surface area (Å²) < 4.78 is 0. The summed E-state index contributed by atoms with van der Waals surface area (Å²) in [6, 6.07) is 0. The van der Waals surface area contributed by atoms with Crippen LogP contribution >= 0.6 is 0 Å². The van der Waals surface area contributed by atoms with Crippen LogP contribution in [0, 0.1) is 41.4 Å². The Labute approximate surface area is 135 Å². The summed E-state index contributed by atoms with van der Waals surface area (Å²) in [7, 11) is 0. The molecule has 1 heteroatoms. The number of allylic oxidation sites excluding steroid dienone is 2. The quantitative estimate of drug-likeness (QED) is 0.549. The van der Waals surface area contributed by atoms with Gasteiger partial charge in [0.05, 0.1) is 0 Å². The predicted octanol–water partition coefficient (Wildman–Crippen LogP) is 4.70. The van der Waals surface area contributed by atoms with Crippen LogP contribution in [0.4, 0.5) is 0 Å². The summed E-state index contributed by atoms with van der Waals surface area (Å²) in [5, 5.41) is 11.1. The van der Waals surface area contributed by atoms with Crippen molar-refractivity contribution in [2.45, 2.75) is 76.7 Å². The largest absolute Gasteiger partial charge is 0.377 e. The molecule has 0 radical (unpaired) electrons. The molecule has 3 fully saturated rings. The van der Waals surface area contributed by atoms with Crippen LogP contribution in [0.1, 0.15) is 71.1 Å². The van der Waals surface area contributed by atoms with E-state index >= 15 is 0 Å². The topological polar surface area (TPSA) is 20.2 Å². The highest BCUT2D eigenvalue weighted by Gasteiger charge is 2.63. The number of fused-ring (bicyclic) bond motifs is 5. The number of hydrogen-bond acceptors (Lipinski definition) is 1. The third-order valence-electron chi connectivity index (χ3n) is 8.10. The summed E-state index contributed by atoms with van der Waals surface area (Å²) in [6.07, 6.45) is 20.6. The second-order valence-corrected chi connectivity index (χ2v) is 8.38. The van der Waals surface area contributed by atoms with Gasteiger partial charge in [0.15, 0.2) is 0 Å². The predicted molar refractivity (Wildman–Crippen MR) is 90.1 cm³/mol. The van der Waals surface area contributed by atoms with Gasteiger partial charge in [0.25, 0.3) is 0 Å². The molecule has 1 nitrogen and oxygen atoms in total. The van der Waals surface area contributed by atoms with Gasteiger partial charge >= 0.3 is 0 Å². The van der Waals surface area contributed by atoms with E-state index in [1.807, 2.05) is 0 Å². The second kappa shape index (κ2) is 5.13. The van der Waals surface area contributed by atoms with Crippen molar-refractivity contribution in [2.75, 3.05) is 0 Å². The molecule has 3 saturated carbocycles. The van der Waals surface area contributed by atoms with E-state index in [1.54, 1.807) is 5.57 Å². The van der Waals surface area contributed by atoms with Crippen molar-refractivity contribution in [3.63, 3.8) is 0 Å². The van der Waals surface area contributed by atoms with Gasteiger partial charge < -0.3 is 5.11 Å². The Morgan fingerprint density at radius 2 is 2.09 bits per heavy atom. The maximum absolute atomic E-state index is 11.1. The number of hydrogen-bond donors (Lipinski definition) is 1. The second-order valence-electron chi connectivity index (χ2n) is 8.38. The lowest BCUT2D eigenvalue weighted by atomic mass is 9.49. The summed E-state index contributed by atoms with van der Waals surface area (Å²) in [4.78, 5) is 0. The fourth-order valence-electron chi connectivity index (χ4n) is 7.08. The van der Waals surface area contributed by atoms with Gasteiger partial charge in [0.2, 0.25) is 0 Å². The molecule has 1 N–H and O–H groups in total. The van der Waals surface area contributed by atoms with E-state index in [0.717, 1.165) is 43.4 Å². The molecule has 0 aromatic rings. The van der Waals surface area contributed by atoms with Gasteiger partial charge in [-0.25, -0.2) is 0 Å². The molecule has 4 aliphatic rings. The first-order valence-electron chi connectivity index (χ1n) is 9.54. The molecule has 0 aromatic heterocycles. The maximum atomic E-state index is 11.1. The first-order valence-corrected chi connectivity index (χ1v) is 9.54. The van der Waals surface area contributed by atoms with Crippen LogP contribution in [0.5, 0.6) is 0 Å². The van der Waals surface area contributed by atoms with E-state index in [-0.39, 0.29) is 5.41 Å². The Morgan fingerprint density at radius 3 is 2.86 bits per heavy atom. The standard InChI is InChI=1S/C21H30O/c1-3-20-13-11-17-16-8-6-5-7-15(16)9-10-18(17)19(20)12-14-21(20,22)4-2/h2,7,16-19,22H,3,5-6,8-14H2,1H3/t16-,17?,18+,19?,20-,21-/m0/s1. The zero-order valence-electron chi connectivity index (χ0n) is 14.0. The lowest BCUT2D eigenvalue weighted by molar-refractivity contribution is -0.0993. The highest BCUT2D eigenvalue weighted by atomic mass is 16.3. The van der Waals surface area contributed by atoms with Crippen LogP contribution in [-0.2, 0) is 0 Å². The van der Waals surface area contributed by atoms with Crippen molar-refractivity contribution < 1.29 is 5.11 Å². The van der Waals surface area contributed by atoms with Gasteiger partial charge in [0.1, 0.15) is 5.60 Å². The molecule has 0 aromatic carbocycles.